The summed E-state index contributed by atoms with van der Waals surface area (Å²) >= 11 is 6.63. The lowest BCUT2D eigenvalue weighted by Gasteiger charge is -2.38. The number of para-hydroxylation sites is 1. The van der Waals surface area contributed by atoms with Crippen LogP contribution >= 0.6 is 11.6 Å². The van der Waals surface area contributed by atoms with Gasteiger partial charge < -0.3 is 14.4 Å². The number of nitrogens with zero attached hydrogens (tertiary/aromatic N) is 1. The zero-order valence-electron chi connectivity index (χ0n) is 22.8. The number of Topliss-reactive ketones (excluding diaryl/α,β-unsaturated/α-hetero) is 1. The molecule has 2 heterocycles. The molecule has 5 rings (SSSR count). The summed E-state index contributed by atoms with van der Waals surface area (Å²) in [5.41, 5.74) is 0.853. The molecule has 2 atom stereocenters. The Balaban J connectivity index is 1.34. The van der Waals surface area contributed by atoms with E-state index in [4.69, 9.17) is 21.1 Å². The molecule has 2 fully saturated rings. The molecule has 0 N–H and O–H groups in total. The van der Waals surface area contributed by atoms with Crippen molar-refractivity contribution < 1.29 is 32.3 Å². The van der Waals surface area contributed by atoms with Gasteiger partial charge in [-0.1, -0.05) is 41.9 Å². The zero-order valence-corrected chi connectivity index (χ0v) is 24.3. The lowest BCUT2D eigenvalue weighted by molar-refractivity contribution is -0.161. The van der Waals surface area contributed by atoms with Gasteiger partial charge >= 0.3 is 5.97 Å². The molecule has 2 aliphatic heterocycles. The Labute approximate surface area is 244 Å². The molecule has 1 amide bonds. The Bertz CT molecular complexity index is 1620. The highest BCUT2D eigenvalue weighted by Crippen LogP contribution is 2.43. The van der Waals surface area contributed by atoms with Gasteiger partial charge in [-0.2, -0.15) is 0 Å². The molecule has 3 aromatic rings. The minimum atomic E-state index is -3.42. The Morgan fingerprint density at radius 3 is 2.59 bits per heavy atom. The van der Waals surface area contributed by atoms with Gasteiger partial charge in [0.15, 0.2) is 21.2 Å². The number of rotatable bonds is 7. The number of hydrogen-bond acceptors (Lipinski definition) is 7. The van der Waals surface area contributed by atoms with Gasteiger partial charge in [0.1, 0.15) is 11.7 Å². The molecular formula is C31H30ClNO7S. The van der Waals surface area contributed by atoms with Crippen LogP contribution < -0.4 is 4.74 Å². The number of aryl methyl sites for hydroxylation is 1. The van der Waals surface area contributed by atoms with Crippen molar-refractivity contribution in [1.29, 1.82) is 0 Å². The second-order valence-electron chi connectivity index (χ2n) is 10.5. The van der Waals surface area contributed by atoms with Gasteiger partial charge in [-0.05, 0) is 72.9 Å². The number of ether oxygens (including phenoxy) is 2. The van der Waals surface area contributed by atoms with Crippen LogP contribution in [-0.2, 0) is 29.0 Å². The van der Waals surface area contributed by atoms with Crippen LogP contribution in [0.15, 0.2) is 71.6 Å². The second kappa shape index (κ2) is 11.3. The first-order valence-corrected chi connectivity index (χ1v) is 15.6. The van der Waals surface area contributed by atoms with Crippen molar-refractivity contribution in [3.63, 3.8) is 0 Å². The normalized spacial score (nSPS) is 20.8. The van der Waals surface area contributed by atoms with Crippen molar-refractivity contribution in [2.24, 2.45) is 0 Å². The summed E-state index contributed by atoms with van der Waals surface area (Å²) in [5, 5.41) is 0.275. The molecule has 0 aromatic heterocycles. The first-order chi connectivity index (χ1) is 19.5. The van der Waals surface area contributed by atoms with Crippen molar-refractivity contribution >= 4 is 39.1 Å². The number of carbonyl (C=O) groups is 3. The average Bonchev–Trinajstić information content (AvgIpc) is 3.17. The molecule has 0 radical (unpaired) electrons. The molecule has 41 heavy (non-hydrogen) atoms. The number of sulfone groups is 1. The van der Waals surface area contributed by atoms with Crippen molar-refractivity contribution in [3.05, 3.63) is 82.9 Å². The second-order valence-corrected chi connectivity index (χ2v) is 13.0. The van der Waals surface area contributed by atoms with Crippen LogP contribution in [0.1, 0.15) is 36.3 Å². The Kier molecular flexibility index (Phi) is 7.94. The molecule has 0 aliphatic carbocycles. The maximum atomic E-state index is 13.8. The standard InChI is InChI=1S/C31H30ClNO7S/c1-20-16-25(21-8-6-11-23(17-21)41(2,37)38)26(32)18-24(20)28-29(35)31(40-30(28)36)13-7-14-33(19-31)27(34)12-15-39-22-9-4-3-5-10-22/h3-6,8-11,16-18,28H,7,12-15,19H2,1-2H3. The number of amides is 1. The van der Waals surface area contributed by atoms with Gasteiger partial charge in [-0.15, -0.1) is 0 Å². The highest BCUT2D eigenvalue weighted by atomic mass is 35.5. The monoisotopic (exact) mass is 595 g/mol. The summed E-state index contributed by atoms with van der Waals surface area (Å²) in [7, 11) is -3.42. The summed E-state index contributed by atoms with van der Waals surface area (Å²) in [6.07, 6.45) is 2.12. The van der Waals surface area contributed by atoms with E-state index in [1.807, 2.05) is 30.3 Å². The van der Waals surface area contributed by atoms with Crippen LogP contribution in [0.25, 0.3) is 11.1 Å². The molecule has 214 valence electrons. The van der Waals surface area contributed by atoms with Gasteiger partial charge in [0.25, 0.3) is 0 Å². The summed E-state index contributed by atoms with van der Waals surface area (Å²) in [6, 6.07) is 18.9. The lowest BCUT2D eigenvalue weighted by Crippen LogP contribution is -2.54. The van der Waals surface area contributed by atoms with Crippen LogP contribution in [-0.4, -0.2) is 62.5 Å². The van der Waals surface area contributed by atoms with Crippen molar-refractivity contribution in [3.8, 4) is 16.9 Å². The molecule has 8 nitrogen and oxygen atoms in total. The van der Waals surface area contributed by atoms with Crippen molar-refractivity contribution in [2.75, 3.05) is 26.0 Å². The molecule has 10 heteroatoms. The smallest absolute Gasteiger partial charge is 0.322 e. The molecule has 2 unspecified atom stereocenters. The van der Waals surface area contributed by atoms with Crippen LogP contribution in [0.3, 0.4) is 0 Å². The van der Waals surface area contributed by atoms with Crippen LogP contribution in [0.5, 0.6) is 5.75 Å². The van der Waals surface area contributed by atoms with Crippen LogP contribution in [0.4, 0.5) is 0 Å². The Morgan fingerprint density at radius 1 is 1.10 bits per heavy atom. The molecule has 0 bridgehead atoms. The van der Waals surface area contributed by atoms with Gasteiger partial charge in [0.05, 0.1) is 24.5 Å². The quantitative estimate of drug-likeness (QED) is 0.286. The fraction of sp³-hybridized carbons (Fsp3) is 0.323. The number of esters is 1. The largest absolute Gasteiger partial charge is 0.493 e. The molecule has 0 saturated carbocycles. The minimum Gasteiger partial charge on any atom is -0.493 e. The SMILES string of the molecule is Cc1cc(-c2cccc(S(C)(=O)=O)c2)c(Cl)cc1C1C(=O)OC2(CCCN(C(=O)CCOc3ccccc3)C2)C1=O. The number of likely N-dealkylation sites (tertiary alicyclic amines) is 1. The van der Waals surface area contributed by atoms with E-state index in [1.165, 1.54) is 12.1 Å². The Hall–Kier alpha value is -3.69. The topological polar surface area (TPSA) is 107 Å². The van der Waals surface area contributed by atoms with Crippen LogP contribution in [0.2, 0.25) is 5.02 Å². The molecule has 2 aliphatic rings. The Morgan fingerprint density at radius 2 is 1.85 bits per heavy atom. The van der Waals surface area contributed by atoms with E-state index in [9.17, 15) is 22.8 Å². The van der Waals surface area contributed by atoms with E-state index in [0.29, 0.717) is 47.4 Å². The van der Waals surface area contributed by atoms with Gasteiger partial charge in [0, 0.05) is 23.4 Å². The predicted octanol–water partition coefficient (Wildman–Crippen LogP) is 4.76. The first kappa shape index (κ1) is 28.8. The third-order valence-corrected chi connectivity index (χ3v) is 9.04. The van der Waals surface area contributed by atoms with E-state index in [2.05, 4.69) is 0 Å². The fourth-order valence-corrected chi connectivity index (χ4v) is 6.46. The molecule has 1 spiro atoms. The zero-order chi connectivity index (χ0) is 29.4. The minimum absolute atomic E-state index is 0.00138. The van der Waals surface area contributed by atoms with E-state index in [-0.39, 0.29) is 41.2 Å². The summed E-state index contributed by atoms with van der Waals surface area (Å²) in [4.78, 5) is 41.7. The number of carbonyl (C=O) groups excluding carboxylic acids is 3. The summed E-state index contributed by atoms with van der Waals surface area (Å²) in [6.45, 7) is 2.43. The lowest BCUT2D eigenvalue weighted by atomic mass is 9.81. The van der Waals surface area contributed by atoms with Gasteiger partial charge in [-0.3, -0.25) is 14.4 Å². The van der Waals surface area contributed by atoms with E-state index in [0.717, 1.165) is 6.26 Å². The van der Waals surface area contributed by atoms with E-state index >= 15 is 0 Å². The number of piperidine rings is 1. The van der Waals surface area contributed by atoms with Gasteiger partial charge in [-0.25, -0.2) is 8.42 Å². The number of ketones is 1. The average molecular weight is 596 g/mol. The molecule has 2 saturated heterocycles. The fourth-order valence-electron chi connectivity index (χ4n) is 5.51. The molecule has 3 aromatic carbocycles. The van der Waals surface area contributed by atoms with E-state index < -0.39 is 27.3 Å². The summed E-state index contributed by atoms with van der Waals surface area (Å²) < 4.78 is 35.5. The van der Waals surface area contributed by atoms with E-state index in [1.54, 1.807) is 36.1 Å². The predicted molar refractivity (Wildman–Crippen MR) is 154 cm³/mol. The van der Waals surface area contributed by atoms with Crippen LogP contribution in [0, 0.1) is 6.92 Å². The van der Waals surface area contributed by atoms with Gasteiger partial charge in [0.2, 0.25) is 5.91 Å². The first-order valence-electron chi connectivity index (χ1n) is 13.3. The molecular weight excluding hydrogens is 566 g/mol. The highest BCUT2D eigenvalue weighted by molar-refractivity contribution is 7.90. The van der Waals surface area contributed by atoms with Crippen molar-refractivity contribution in [1.82, 2.24) is 4.90 Å². The third kappa shape index (κ3) is 5.87. The summed E-state index contributed by atoms with van der Waals surface area (Å²) in [5.74, 6) is -1.72. The number of halogens is 1. The van der Waals surface area contributed by atoms with Crippen molar-refractivity contribution in [2.45, 2.75) is 42.6 Å². The number of hydrogen-bond donors (Lipinski definition) is 0. The highest BCUT2D eigenvalue weighted by Gasteiger charge is 2.58. The maximum absolute atomic E-state index is 13.8. The number of benzene rings is 3. The maximum Gasteiger partial charge on any atom is 0.322 e. The third-order valence-electron chi connectivity index (χ3n) is 7.62.